The van der Waals surface area contributed by atoms with Crippen LogP contribution in [0.5, 0.6) is 5.75 Å². The number of hydrogen-bond donors (Lipinski definition) is 2. The lowest BCUT2D eigenvalue weighted by Gasteiger charge is -2.31. The van der Waals surface area contributed by atoms with E-state index in [9.17, 15) is 9.32 Å². The zero-order valence-corrected chi connectivity index (χ0v) is 11.2. The van der Waals surface area contributed by atoms with Gasteiger partial charge in [-0.25, -0.2) is 4.79 Å². The number of carbonyl (C=O) groups is 1. The molecule has 1 aliphatic rings. The van der Waals surface area contributed by atoms with E-state index >= 15 is 0 Å². The van der Waals surface area contributed by atoms with Crippen LogP contribution in [0.4, 0.5) is 15.0 Å². The molecule has 110 valence electrons. The average molecular weight is 282 g/mol. The highest BCUT2D eigenvalue weighted by Gasteiger charge is 2.22. The summed E-state index contributed by atoms with van der Waals surface area (Å²) in [6, 6.07) is 5.92. The van der Waals surface area contributed by atoms with Gasteiger partial charge in [-0.3, -0.25) is 4.94 Å². The summed E-state index contributed by atoms with van der Waals surface area (Å²) < 4.78 is 11.9. The van der Waals surface area contributed by atoms with E-state index in [-0.39, 0.29) is 18.4 Å². The molecule has 1 aromatic carbocycles. The van der Waals surface area contributed by atoms with Crippen molar-refractivity contribution < 1.29 is 19.4 Å². The number of halogens is 1. The Bertz CT molecular complexity index is 431. The van der Waals surface area contributed by atoms with Gasteiger partial charge < -0.3 is 15.3 Å². The topological polar surface area (TPSA) is 61.8 Å². The van der Waals surface area contributed by atoms with Crippen LogP contribution >= 0.6 is 0 Å². The normalized spacial score (nSPS) is 16.0. The minimum absolute atomic E-state index is 0.104. The first-order valence-corrected chi connectivity index (χ1v) is 6.78. The predicted molar refractivity (Wildman–Crippen MR) is 73.2 cm³/mol. The minimum Gasteiger partial charge on any atom is -0.396 e. The first kappa shape index (κ1) is 14.6. The number of hydrogen-bond acceptors (Lipinski definition) is 3. The SMILES string of the molecule is O=C(Nc1ccc(OF)cc1)N1CCC(CCO)CC1. The maximum atomic E-state index is 12.0. The van der Waals surface area contributed by atoms with E-state index in [0.717, 1.165) is 19.3 Å². The van der Waals surface area contributed by atoms with Crippen molar-refractivity contribution >= 4 is 11.7 Å². The largest absolute Gasteiger partial charge is 0.396 e. The van der Waals surface area contributed by atoms with E-state index in [0.29, 0.717) is 24.7 Å². The molecule has 20 heavy (non-hydrogen) atoms. The third kappa shape index (κ3) is 3.84. The molecule has 0 atom stereocenters. The summed E-state index contributed by atoms with van der Waals surface area (Å²) in [5, 5.41) is 11.7. The molecule has 1 heterocycles. The number of aliphatic hydroxyl groups is 1. The van der Waals surface area contributed by atoms with E-state index in [1.54, 1.807) is 17.0 Å². The fraction of sp³-hybridized carbons (Fsp3) is 0.500. The van der Waals surface area contributed by atoms with Crippen molar-refractivity contribution in [2.75, 3.05) is 25.0 Å². The molecule has 1 saturated heterocycles. The molecule has 0 bridgehead atoms. The number of aliphatic hydroxyl groups excluding tert-OH is 1. The smallest absolute Gasteiger partial charge is 0.321 e. The highest BCUT2D eigenvalue weighted by atomic mass is 19.3. The number of benzene rings is 1. The van der Waals surface area contributed by atoms with Gasteiger partial charge in [0, 0.05) is 29.9 Å². The van der Waals surface area contributed by atoms with Crippen LogP contribution in [0.25, 0.3) is 0 Å². The molecule has 2 amide bonds. The second-order valence-electron chi connectivity index (χ2n) is 4.97. The van der Waals surface area contributed by atoms with E-state index in [1.165, 1.54) is 12.1 Å². The summed E-state index contributed by atoms with van der Waals surface area (Å²) in [6.45, 7) is 1.60. The van der Waals surface area contributed by atoms with Gasteiger partial charge in [0.1, 0.15) is 0 Å². The summed E-state index contributed by atoms with van der Waals surface area (Å²) in [4.78, 5) is 17.4. The van der Waals surface area contributed by atoms with Crippen molar-refractivity contribution in [1.29, 1.82) is 0 Å². The van der Waals surface area contributed by atoms with Gasteiger partial charge in [-0.2, -0.15) is 0 Å². The third-order valence-corrected chi connectivity index (χ3v) is 3.63. The summed E-state index contributed by atoms with van der Waals surface area (Å²) in [5.41, 5.74) is 0.605. The number of piperidine rings is 1. The quantitative estimate of drug-likeness (QED) is 0.892. The summed E-state index contributed by atoms with van der Waals surface area (Å²) >= 11 is 0. The van der Waals surface area contributed by atoms with Crippen LogP contribution < -0.4 is 10.3 Å². The van der Waals surface area contributed by atoms with Crippen LogP contribution in [0.1, 0.15) is 19.3 Å². The lowest BCUT2D eigenvalue weighted by atomic mass is 9.94. The lowest BCUT2D eigenvalue weighted by Crippen LogP contribution is -2.41. The van der Waals surface area contributed by atoms with Crippen LogP contribution in [-0.2, 0) is 0 Å². The summed E-state index contributed by atoms with van der Waals surface area (Å²) in [5.74, 6) is 0.609. The Balaban J connectivity index is 1.83. The standard InChI is InChI=1S/C14H19FN2O3/c15-20-13-3-1-12(2-4-13)16-14(19)17-8-5-11(6-9-17)7-10-18/h1-4,11,18H,5-10H2,(H,16,19). The second kappa shape index (κ2) is 7.09. The Hall–Kier alpha value is -1.82. The van der Waals surface area contributed by atoms with Crippen molar-refractivity contribution in [2.24, 2.45) is 5.92 Å². The van der Waals surface area contributed by atoms with Gasteiger partial charge in [0.15, 0.2) is 5.75 Å². The van der Waals surface area contributed by atoms with Gasteiger partial charge in [-0.05, 0) is 49.4 Å². The van der Waals surface area contributed by atoms with E-state index in [2.05, 4.69) is 10.3 Å². The highest BCUT2D eigenvalue weighted by Crippen LogP contribution is 2.21. The Labute approximate surface area is 117 Å². The number of amides is 2. The van der Waals surface area contributed by atoms with Crippen molar-refractivity contribution in [1.82, 2.24) is 4.90 Å². The molecule has 0 spiro atoms. The number of anilines is 1. The van der Waals surface area contributed by atoms with Crippen LogP contribution in [0.2, 0.25) is 0 Å². The molecular formula is C14H19FN2O3. The zero-order chi connectivity index (χ0) is 14.4. The van der Waals surface area contributed by atoms with E-state index in [1.807, 2.05) is 0 Å². The number of urea groups is 1. The average Bonchev–Trinajstić information content (AvgIpc) is 2.49. The van der Waals surface area contributed by atoms with Crippen molar-refractivity contribution in [3.05, 3.63) is 24.3 Å². The Morgan fingerprint density at radius 2 is 2.00 bits per heavy atom. The molecular weight excluding hydrogens is 263 g/mol. The minimum atomic E-state index is -0.152. The molecule has 6 heteroatoms. The number of nitrogens with zero attached hydrogens (tertiary/aromatic N) is 1. The second-order valence-corrected chi connectivity index (χ2v) is 4.97. The predicted octanol–water partition coefficient (Wildman–Crippen LogP) is 2.58. The highest BCUT2D eigenvalue weighted by molar-refractivity contribution is 5.89. The molecule has 1 aliphatic heterocycles. The molecule has 0 saturated carbocycles. The Morgan fingerprint density at radius 1 is 1.35 bits per heavy atom. The number of carbonyl (C=O) groups excluding carboxylic acids is 1. The maximum Gasteiger partial charge on any atom is 0.321 e. The number of likely N-dealkylation sites (tertiary alicyclic amines) is 1. The van der Waals surface area contributed by atoms with Crippen LogP contribution in [0, 0.1) is 5.92 Å². The Kier molecular flexibility index (Phi) is 5.17. The molecule has 0 unspecified atom stereocenters. The molecule has 0 aliphatic carbocycles. The number of nitrogens with one attached hydrogen (secondary N) is 1. The first-order valence-electron chi connectivity index (χ1n) is 6.78. The van der Waals surface area contributed by atoms with Gasteiger partial charge in [0.2, 0.25) is 0 Å². The summed E-state index contributed by atoms with van der Waals surface area (Å²) in [6.07, 6.45) is 2.64. The van der Waals surface area contributed by atoms with Crippen molar-refractivity contribution in [3.8, 4) is 5.75 Å². The van der Waals surface area contributed by atoms with Gasteiger partial charge >= 0.3 is 6.03 Å². The van der Waals surface area contributed by atoms with Crippen LogP contribution in [-0.4, -0.2) is 35.7 Å². The summed E-state index contributed by atoms with van der Waals surface area (Å²) in [7, 11) is 0. The van der Waals surface area contributed by atoms with Crippen LogP contribution in [0.15, 0.2) is 24.3 Å². The molecule has 0 radical (unpaired) electrons. The van der Waals surface area contributed by atoms with Crippen molar-refractivity contribution in [3.63, 3.8) is 0 Å². The van der Waals surface area contributed by atoms with E-state index < -0.39 is 0 Å². The van der Waals surface area contributed by atoms with Crippen LogP contribution in [0.3, 0.4) is 0 Å². The van der Waals surface area contributed by atoms with Crippen molar-refractivity contribution in [2.45, 2.75) is 19.3 Å². The lowest BCUT2D eigenvalue weighted by molar-refractivity contribution is -0.00618. The zero-order valence-electron chi connectivity index (χ0n) is 11.2. The molecule has 2 N–H and O–H groups in total. The third-order valence-electron chi connectivity index (χ3n) is 3.63. The molecule has 1 fully saturated rings. The maximum absolute atomic E-state index is 12.0. The van der Waals surface area contributed by atoms with E-state index in [4.69, 9.17) is 5.11 Å². The molecule has 5 nitrogen and oxygen atoms in total. The first-order chi connectivity index (χ1) is 9.72. The fourth-order valence-corrected chi connectivity index (χ4v) is 2.40. The van der Waals surface area contributed by atoms with Gasteiger partial charge in [-0.1, -0.05) is 0 Å². The van der Waals surface area contributed by atoms with Gasteiger partial charge in [0.05, 0.1) is 0 Å². The fourth-order valence-electron chi connectivity index (χ4n) is 2.40. The molecule has 0 aromatic heterocycles. The molecule has 1 aromatic rings. The van der Waals surface area contributed by atoms with Gasteiger partial charge in [-0.15, -0.1) is 0 Å². The number of rotatable bonds is 4. The monoisotopic (exact) mass is 282 g/mol. The molecule has 2 rings (SSSR count). The Morgan fingerprint density at radius 3 is 2.55 bits per heavy atom. The van der Waals surface area contributed by atoms with Gasteiger partial charge in [0.25, 0.3) is 0 Å².